The molecular formula is C21H24N2O6. The van der Waals surface area contributed by atoms with Crippen LogP contribution in [0.3, 0.4) is 0 Å². The summed E-state index contributed by atoms with van der Waals surface area (Å²) in [4.78, 5) is 36.7. The van der Waals surface area contributed by atoms with Crippen LogP contribution in [0.1, 0.15) is 15.9 Å². The number of likely N-dealkylation sites (N-methyl/N-ethyl adjacent to an activating group) is 2. The highest BCUT2D eigenvalue weighted by molar-refractivity contribution is 5.92. The van der Waals surface area contributed by atoms with Crippen LogP contribution in [0.25, 0.3) is 0 Å². The summed E-state index contributed by atoms with van der Waals surface area (Å²) in [6.07, 6.45) is 0. The van der Waals surface area contributed by atoms with Gasteiger partial charge in [-0.05, 0) is 23.8 Å². The molecule has 0 aliphatic rings. The number of carbonyl (C=O) groups excluding carboxylic acids is 3. The average molecular weight is 400 g/mol. The topological polar surface area (TPSA) is 94.2 Å². The molecule has 2 rings (SSSR count). The van der Waals surface area contributed by atoms with E-state index in [0.717, 1.165) is 5.56 Å². The Balaban J connectivity index is 1.95. The van der Waals surface area contributed by atoms with Gasteiger partial charge in [-0.25, -0.2) is 4.79 Å². The van der Waals surface area contributed by atoms with E-state index in [4.69, 9.17) is 14.2 Å². The second kappa shape index (κ2) is 10.7. The van der Waals surface area contributed by atoms with Crippen molar-refractivity contribution in [2.45, 2.75) is 6.61 Å². The van der Waals surface area contributed by atoms with E-state index < -0.39 is 18.5 Å². The van der Waals surface area contributed by atoms with E-state index in [1.54, 1.807) is 6.07 Å². The molecule has 0 aliphatic carbocycles. The second-order valence-corrected chi connectivity index (χ2v) is 6.14. The molecule has 2 aromatic rings. The maximum atomic E-state index is 12.2. The number of ether oxygens (including phenoxy) is 3. The Hall–Kier alpha value is -3.55. The van der Waals surface area contributed by atoms with E-state index in [-0.39, 0.29) is 18.0 Å². The Morgan fingerprint density at radius 1 is 1.03 bits per heavy atom. The first kappa shape index (κ1) is 21.7. The van der Waals surface area contributed by atoms with E-state index in [9.17, 15) is 14.4 Å². The zero-order valence-corrected chi connectivity index (χ0v) is 16.6. The molecule has 2 amide bonds. The minimum Gasteiger partial charge on any atom is -0.493 e. The number of nitrogens with zero attached hydrogens (tertiary/aromatic N) is 1. The molecule has 2 aromatic carbocycles. The summed E-state index contributed by atoms with van der Waals surface area (Å²) in [7, 11) is 4.39. The van der Waals surface area contributed by atoms with Gasteiger partial charge in [0.2, 0.25) is 5.91 Å². The van der Waals surface area contributed by atoms with Crippen LogP contribution in [0.4, 0.5) is 0 Å². The van der Waals surface area contributed by atoms with Crippen LogP contribution in [-0.4, -0.2) is 57.0 Å². The van der Waals surface area contributed by atoms with Crippen molar-refractivity contribution < 1.29 is 28.6 Å². The van der Waals surface area contributed by atoms with E-state index in [1.165, 1.54) is 38.2 Å². The molecule has 0 unspecified atom stereocenters. The fourth-order valence-corrected chi connectivity index (χ4v) is 2.35. The summed E-state index contributed by atoms with van der Waals surface area (Å²) < 4.78 is 16.1. The van der Waals surface area contributed by atoms with Crippen molar-refractivity contribution in [1.82, 2.24) is 10.2 Å². The van der Waals surface area contributed by atoms with Gasteiger partial charge in [0.05, 0.1) is 19.2 Å². The predicted molar refractivity (Wildman–Crippen MR) is 106 cm³/mol. The van der Waals surface area contributed by atoms with Gasteiger partial charge >= 0.3 is 5.97 Å². The molecule has 29 heavy (non-hydrogen) atoms. The normalized spacial score (nSPS) is 10.0. The van der Waals surface area contributed by atoms with Crippen LogP contribution in [0.15, 0.2) is 48.5 Å². The van der Waals surface area contributed by atoms with Crippen molar-refractivity contribution in [3.05, 3.63) is 59.7 Å². The van der Waals surface area contributed by atoms with Crippen LogP contribution >= 0.6 is 0 Å². The number of esters is 1. The van der Waals surface area contributed by atoms with Gasteiger partial charge in [-0.2, -0.15) is 0 Å². The summed E-state index contributed by atoms with van der Waals surface area (Å²) in [6, 6.07) is 14.3. The second-order valence-electron chi connectivity index (χ2n) is 6.14. The number of methoxy groups -OCH3 is 1. The third-order valence-corrected chi connectivity index (χ3v) is 4.05. The number of amides is 2. The fraction of sp³-hybridized carbons (Fsp3) is 0.286. The number of nitrogens with one attached hydrogen (secondary N) is 1. The number of benzene rings is 2. The molecule has 0 saturated heterocycles. The third kappa shape index (κ3) is 6.53. The summed E-state index contributed by atoms with van der Waals surface area (Å²) in [6.45, 7) is -0.234. The monoisotopic (exact) mass is 400 g/mol. The molecule has 1 N–H and O–H groups in total. The van der Waals surface area contributed by atoms with Gasteiger partial charge in [0.15, 0.2) is 18.1 Å². The summed E-state index contributed by atoms with van der Waals surface area (Å²) in [5.74, 6) is -0.632. The average Bonchev–Trinajstić information content (AvgIpc) is 2.76. The van der Waals surface area contributed by atoms with Gasteiger partial charge in [-0.3, -0.25) is 9.59 Å². The zero-order chi connectivity index (χ0) is 21.2. The van der Waals surface area contributed by atoms with Gasteiger partial charge in [-0.1, -0.05) is 30.3 Å². The van der Waals surface area contributed by atoms with Gasteiger partial charge in [0.1, 0.15) is 6.61 Å². The van der Waals surface area contributed by atoms with Gasteiger partial charge in [-0.15, -0.1) is 0 Å². The number of hydrogen-bond acceptors (Lipinski definition) is 6. The van der Waals surface area contributed by atoms with Crippen LogP contribution < -0.4 is 14.8 Å². The van der Waals surface area contributed by atoms with Gasteiger partial charge < -0.3 is 24.4 Å². The lowest BCUT2D eigenvalue weighted by Gasteiger charge is -2.16. The first-order chi connectivity index (χ1) is 13.9. The zero-order valence-electron chi connectivity index (χ0n) is 16.6. The molecule has 0 aliphatic heterocycles. The lowest BCUT2D eigenvalue weighted by Crippen LogP contribution is -2.39. The fourth-order valence-electron chi connectivity index (χ4n) is 2.35. The summed E-state index contributed by atoms with van der Waals surface area (Å²) in [5.41, 5.74) is 1.22. The third-order valence-electron chi connectivity index (χ3n) is 4.05. The Bertz CT molecular complexity index is 854. The van der Waals surface area contributed by atoms with Crippen molar-refractivity contribution in [2.75, 3.05) is 34.4 Å². The molecule has 0 heterocycles. The Labute approximate surface area is 169 Å². The van der Waals surface area contributed by atoms with Gasteiger partial charge in [0.25, 0.3) is 5.91 Å². The minimum atomic E-state index is -0.681. The first-order valence-electron chi connectivity index (χ1n) is 8.91. The highest BCUT2D eigenvalue weighted by Gasteiger charge is 2.17. The van der Waals surface area contributed by atoms with Gasteiger partial charge in [0, 0.05) is 14.1 Å². The number of hydrogen-bond donors (Lipinski definition) is 1. The Morgan fingerprint density at radius 2 is 1.76 bits per heavy atom. The van der Waals surface area contributed by atoms with E-state index in [1.807, 2.05) is 30.3 Å². The van der Waals surface area contributed by atoms with Crippen molar-refractivity contribution in [2.24, 2.45) is 0 Å². The highest BCUT2D eigenvalue weighted by atomic mass is 16.5. The first-order valence-corrected chi connectivity index (χ1v) is 8.91. The van der Waals surface area contributed by atoms with Crippen LogP contribution in [0.5, 0.6) is 11.5 Å². The van der Waals surface area contributed by atoms with Crippen LogP contribution in [0.2, 0.25) is 0 Å². The molecule has 0 bridgehead atoms. The Kier molecular flexibility index (Phi) is 8.02. The molecule has 0 radical (unpaired) electrons. The number of rotatable bonds is 9. The SMILES string of the molecule is CNC(=O)CN(C)C(=O)COC(=O)c1ccc(OCc2ccccc2)c(OC)c1. The maximum Gasteiger partial charge on any atom is 0.338 e. The highest BCUT2D eigenvalue weighted by Crippen LogP contribution is 2.29. The predicted octanol–water partition coefficient (Wildman–Crippen LogP) is 1.64. The molecular weight excluding hydrogens is 376 g/mol. The number of carbonyl (C=O) groups is 3. The molecule has 8 heteroatoms. The van der Waals surface area contributed by atoms with Crippen molar-refractivity contribution in [1.29, 1.82) is 0 Å². The molecule has 0 fully saturated rings. The molecule has 0 aromatic heterocycles. The molecule has 0 atom stereocenters. The van der Waals surface area contributed by atoms with Crippen molar-refractivity contribution in [3.8, 4) is 11.5 Å². The molecule has 0 saturated carbocycles. The summed E-state index contributed by atoms with van der Waals surface area (Å²) >= 11 is 0. The van der Waals surface area contributed by atoms with Crippen molar-refractivity contribution in [3.63, 3.8) is 0 Å². The molecule has 8 nitrogen and oxygen atoms in total. The minimum absolute atomic E-state index is 0.117. The Morgan fingerprint density at radius 3 is 2.41 bits per heavy atom. The van der Waals surface area contributed by atoms with Crippen molar-refractivity contribution >= 4 is 17.8 Å². The largest absolute Gasteiger partial charge is 0.493 e. The van der Waals surface area contributed by atoms with Crippen LogP contribution in [0, 0.1) is 0 Å². The summed E-state index contributed by atoms with van der Waals surface area (Å²) in [5, 5.41) is 2.41. The van der Waals surface area contributed by atoms with E-state index in [2.05, 4.69) is 5.32 Å². The standard InChI is InChI=1S/C21H24N2O6/c1-22-19(24)12-23(2)20(25)14-29-21(26)16-9-10-17(18(11-16)27-3)28-13-15-7-5-4-6-8-15/h4-11H,12-14H2,1-3H3,(H,22,24). The van der Waals surface area contributed by atoms with Crippen LogP contribution in [-0.2, 0) is 20.9 Å². The lowest BCUT2D eigenvalue weighted by molar-refractivity contribution is -0.137. The molecule has 0 spiro atoms. The lowest BCUT2D eigenvalue weighted by atomic mass is 10.2. The van der Waals surface area contributed by atoms with E-state index in [0.29, 0.717) is 18.1 Å². The van der Waals surface area contributed by atoms with E-state index >= 15 is 0 Å². The smallest absolute Gasteiger partial charge is 0.338 e. The quantitative estimate of drug-likeness (QED) is 0.643. The maximum absolute atomic E-state index is 12.2. The molecule has 154 valence electrons.